The molecular weight excluding hydrogens is 532 g/mol. The van der Waals surface area contributed by atoms with Gasteiger partial charge in [0.15, 0.2) is 11.5 Å². The molecule has 0 spiro atoms. The van der Waals surface area contributed by atoms with Crippen LogP contribution in [0.2, 0.25) is 0 Å². The quantitative estimate of drug-likeness (QED) is 0.227. The molecule has 4 aromatic rings. The molecule has 42 heavy (non-hydrogen) atoms. The summed E-state index contributed by atoms with van der Waals surface area (Å²) in [4.78, 5) is 35.3. The summed E-state index contributed by atoms with van der Waals surface area (Å²) < 4.78 is 9.16. The van der Waals surface area contributed by atoms with E-state index >= 15 is 0 Å². The lowest BCUT2D eigenvalue weighted by molar-refractivity contribution is -0.118. The van der Waals surface area contributed by atoms with Crippen LogP contribution in [0, 0.1) is 11.3 Å². The number of hydrogen-bond acceptors (Lipinski definition) is 8. The highest BCUT2D eigenvalue weighted by Gasteiger charge is 2.29. The maximum Gasteiger partial charge on any atom is 0.335 e. The highest BCUT2D eigenvalue weighted by atomic mass is 16.5. The number of nitrogens with zero attached hydrogens (tertiary/aromatic N) is 5. The first-order chi connectivity index (χ1) is 20.5. The molecule has 1 saturated heterocycles. The summed E-state index contributed by atoms with van der Waals surface area (Å²) in [6, 6.07) is 18.6. The van der Waals surface area contributed by atoms with Gasteiger partial charge in [-0.25, -0.2) is 14.8 Å². The number of anilines is 1. The summed E-state index contributed by atoms with van der Waals surface area (Å²) in [5.74, 6) is 1.23. The summed E-state index contributed by atoms with van der Waals surface area (Å²) in [5.41, 5.74) is 7.73. The van der Waals surface area contributed by atoms with Crippen molar-refractivity contribution >= 4 is 22.9 Å². The first-order valence-electron chi connectivity index (χ1n) is 14.2. The molecule has 0 bridgehead atoms. The molecule has 6 rings (SSSR count). The molecular formula is C31H32N8O3. The van der Waals surface area contributed by atoms with Gasteiger partial charge in [0.25, 0.3) is 5.91 Å². The number of imidazole rings is 1. The Bertz CT molecular complexity index is 1710. The fourth-order valence-electron chi connectivity index (χ4n) is 5.88. The molecule has 3 heterocycles. The first-order valence-corrected chi connectivity index (χ1v) is 14.2. The Kier molecular flexibility index (Phi) is 7.70. The van der Waals surface area contributed by atoms with Gasteiger partial charge in [-0.05, 0) is 87.5 Å². The average molecular weight is 565 g/mol. The van der Waals surface area contributed by atoms with Gasteiger partial charge in [0.2, 0.25) is 0 Å². The minimum Gasteiger partial charge on any atom is -0.457 e. The van der Waals surface area contributed by atoms with Crippen molar-refractivity contribution in [2.24, 2.45) is 0 Å². The zero-order valence-electron chi connectivity index (χ0n) is 23.1. The molecule has 2 aliphatic rings. The number of amides is 1. The van der Waals surface area contributed by atoms with Crippen LogP contribution < -0.4 is 26.8 Å². The van der Waals surface area contributed by atoms with Crippen LogP contribution in [0.5, 0.6) is 11.5 Å². The minimum absolute atomic E-state index is 0.0624. The van der Waals surface area contributed by atoms with Crippen molar-refractivity contribution in [1.82, 2.24) is 29.7 Å². The molecule has 2 fully saturated rings. The smallest absolute Gasteiger partial charge is 0.335 e. The topological polar surface area (TPSA) is 153 Å². The van der Waals surface area contributed by atoms with Crippen LogP contribution in [0.4, 0.5) is 5.82 Å². The fraction of sp³-hybridized carbons (Fsp3) is 0.323. The van der Waals surface area contributed by atoms with E-state index in [4.69, 9.17) is 10.5 Å². The third kappa shape index (κ3) is 5.49. The van der Waals surface area contributed by atoms with E-state index in [0.29, 0.717) is 54.0 Å². The van der Waals surface area contributed by atoms with Crippen LogP contribution >= 0.6 is 0 Å². The van der Waals surface area contributed by atoms with Gasteiger partial charge in [0, 0.05) is 18.1 Å². The Balaban J connectivity index is 1.21. The highest BCUT2D eigenvalue weighted by Crippen LogP contribution is 2.32. The van der Waals surface area contributed by atoms with Crippen LogP contribution in [0.3, 0.4) is 0 Å². The molecule has 0 radical (unpaired) electrons. The van der Waals surface area contributed by atoms with Gasteiger partial charge in [-0.2, -0.15) is 5.26 Å². The van der Waals surface area contributed by atoms with E-state index in [1.165, 1.54) is 6.33 Å². The van der Waals surface area contributed by atoms with Crippen molar-refractivity contribution in [2.45, 2.75) is 56.7 Å². The Morgan fingerprint density at radius 3 is 2.48 bits per heavy atom. The van der Waals surface area contributed by atoms with Crippen LogP contribution in [-0.2, 0) is 4.79 Å². The van der Waals surface area contributed by atoms with E-state index in [2.05, 4.69) is 20.6 Å². The summed E-state index contributed by atoms with van der Waals surface area (Å²) in [6.45, 7) is 0.895. The summed E-state index contributed by atoms with van der Waals surface area (Å²) in [6.07, 6.45) is 7.71. The summed E-state index contributed by atoms with van der Waals surface area (Å²) in [5, 5.41) is 15.8. The van der Waals surface area contributed by atoms with Crippen molar-refractivity contribution in [3.8, 4) is 23.3 Å². The van der Waals surface area contributed by atoms with E-state index in [0.717, 1.165) is 19.4 Å². The number of para-hydroxylation sites is 1. The van der Waals surface area contributed by atoms with Crippen molar-refractivity contribution in [3.05, 3.63) is 83.1 Å². The lowest BCUT2D eigenvalue weighted by Crippen LogP contribution is -2.40. The van der Waals surface area contributed by atoms with E-state index in [1.807, 2.05) is 48.5 Å². The number of carbonyl (C=O) groups excluding carboxylic acids is 1. The Hall–Kier alpha value is -4.95. The molecule has 1 saturated carbocycles. The van der Waals surface area contributed by atoms with Crippen LogP contribution in [-0.4, -0.2) is 43.6 Å². The zero-order valence-corrected chi connectivity index (χ0v) is 23.1. The van der Waals surface area contributed by atoms with Gasteiger partial charge in [0.1, 0.15) is 35.0 Å². The lowest BCUT2D eigenvalue weighted by atomic mass is 9.90. The van der Waals surface area contributed by atoms with Gasteiger partial charge < -0.3 is 21.1 Å². The molecule has 1 amide bonds. The Labute approximate surface area is 242 Å². The van der Waals surface area contributed by atoms with Crippen molar-refractivity contribution in [3.63, 3.8) is 0 Å². The number of nitriles is 1. The molecule has 11 nitrogen and oxygen atoms in total. The lowest BCUT2D eigenvalue weighted by Gasteiger charge is -2.29. The molecule has 1 aliphatic heterocycles. The van der Waals surface area contributed by atoms with E-state index < -0.39 is 0 Å². The Morgan fingerprint density at radius 1 is 1.05 bits per heavy atom. The molecule has 1 aliphatic carbocycles. The van der Waals surface area contributed by atoms with Gasteiger partial charge >= 0.3 is 5.69 Å². The monoisotopic (exact) mass is 564 g/mol. The number of benzene rings is 2. The van der Waals surface area contributed by atoms with E-state index in [-0.39, 0.29) is 41.1 Å². The Morgan fingerprint density at radius 2 is 1.79 bits per heavy atom. The van der Waals surface area contributed by atoms with Gasteiger partial charge in [-0.1, -0.05) is 18.2 Å². The highest BCUT2D eigenvalue weighted by molar-refractivity contribution is 5.97. The minimum atomic E-state index is -0.344. The molecule has 11 heteroatoms. The molecule has 4 N–H and O–H groups in total. The molecule has 0 unspecified atom stereocenters. The van der Waals surface area contributed by atoms with Crippen LogP contribution in [0.15, 0.2) is 77.4 Å². The number of rotatable bonds is 7. The maximum atomic E-state index is 13.9. The maximum absolute atomic E-state index is 13.9. The average Bonchev–Trinajstić information content (AvgIpc) is 3.63. The molecule has 214 valence electrons. The van der Waals surface area contributed by atoms with Gasteiger partial charge in [0.05, 0.1) is 5.69 Å². The summed E-state index contributed by atoms with van der Waals surface area (Å²) >= 11 is 0. The first kappa shape index (κ1) is 27.2. The SMILES string of the molecule is N#CC(=C[C@@H]1CCCN1)C(=O)NC1CCC(n2c(=O)n(-c3ccc(Oc4ccccc4)cc3)c3c(N)ncnc32)CC1. The number of nitrogens with two attached hydrogens (primary N) is 1. The number of aromatic nitrogens is 4. The summed E-state index contributed by atoms with van der Waals surface area (Å²) in [7, 11) is 0. The largest absolute Gasteiger partial charge is 0.457 e. The van der Waals surface area contributed by atoms with E-state index in [1.54, 1.807) is 27.3 Å². The predicted molar refractivity (Wildman–Crippen MR) is 158 cm³/mol. The number of ether oxygens (including phenoxy) is 1. The van der Waals surface area contributed by atoms with Crippen molar-refractivity contribution in [1.29, 1.82) is 5.26 Å². The number of fused-ring (bicyclic) bond motifs is 1. The van der Waals surface area contributed by atoms with Crippen LogP contribution in [0.1, 0.15) is 44.6 Å². The van der Waals surface area contributed by atoms with E-state index in [9.17, 15) is 14.9 Å². The fourth-order valence-corrected chi connectivity index (χ4v) is 5.88. The van der Waals surface area contributed by atoms with Crippen molar-refractivity contribution < 1.29 is 9.53 Å². The normalized spacial score (nSPS) is 20.7. The number of carbonyl (C=O) groups is 1. The van der Waals surface area contributed by atoms with Crippen molar-refractivity contribution in [2.75, 3.05) is 12.3 Å². The third-order valence-electron chi connectivity index (χ3n) is 7.98. The predicted octanol–water partition coefficient (Wildman–Crippen LogP) is 3.76. The van der Waals surface area contributed by atoms with Gasteiger partial charge in [-0.3, -0.25) is 13.9 Å². The number of nitrogen functional groups attached to an aromatic ring is 1. The van der Waals surface area contributed by atoms with Gasteiger partial charge in [-0.15, -0.1) is 0 Å². The molecule has 1 atom stereocenters. The molecule has 2 aromatic heterocycles. The second kappa shape index (κ2) is 11.9. The number of nitrogens with one attached hydrogen (secondary N) is 2. The number of hydrogen-bond donors (Lipinski definition) is 3. The second-order valence-corrected chi connectivity index (χ2v) is 10.7. The molecule has 2 aromatic carbocycles. The third-order valence-corrected chi connectivity index (χ3v) is 7.98. The zero-order chi connectivity index (χ0) is 29.1. The standard InChI is InChI=1S/C31H32N8O3/c32-18-20(17-22-5-4-16-34-22)30(40)37-21-8-10-24(11-9-21)39-29-27(28(33)35-19-36-29)38(31(39)41)23-12-14-26(15-13-23)42-25-6-2-1-3-7-25/h1-3,6-7,12-15,17,19,21-22,24,34H,4-5,8-11,16H2,(H,37,40)(H2,33,35,36)/t21?,22-,24?/m0/s1. The van der Waals surface area contributed by atoms with Crippen LogP contribution in [0.25, 0.3) is 16.9 Å². The second-order valence-electron chi connectivity index (χ2n) is 10.7.